The maximum atomic E-state index is 13.3. The number of piperidine rings is 1. The minimum absolute atomic E-state index is 0.101. The molecule has 2 amide bonds. The number of anilines is 5. The molecule has 2 N–H and O–H groups in total. The molecular weight excluding hydrogens is 607 g/mol. The van der Waals surface area contributed by atoms with E-state index in [1.54, 1.807) is 0 Å². The van der Waals surface area contributed by atoms with Crippen LogP contribution in [0.15, 0.2) is 90.3 Å². The van der Waals surface area contributed by atoms with E-state index in [2.05, 4.69) is 62.6 Å². The monoisotopic (exact) mass is 647 g/mol. The minimum Gasteiger partial charge on any atom is -0.379 e. The highest BCUT2D eigenvalue weighted by molar-refractivity contribution is 7.12. The lowest BCUT2D eigenvalue weighted by Gasteiger charge is -2.40. The number of amides is 2. The van der Waals surface area contributed by atoms with Gasteiger partial charge in [0.2, 0.25) is 0 Å². The summed E-state index contributed by atoms with van der Waals surface area (Å²) in [6.07, 6.45) is 7.52. The highest BCUT2D eigenvalue weighted by Gasteiger charge is 2.26. The second-order valence-electron chi connectivity index (χ2n) is 12.5. The van der Waals surface area contributed by atoms with Crippen LogP contribution < -0.4 is 20.4 Å². The molecule has 0 bridgehead atoms. The first kappa shape index (κ1) is 31.2. The van der Waals surface area contributed by atoms with Crippen LogP contribution in [-0.2, 0) is 4.74 Å². The molecule has 1 aromatic heterocycles. The van der Waals surface area contributed by atoms with Crippen LogP contribution in [0.5, 0.6) is 0 Å². The van der Waals surface area contributed by atoms with Gasteiger partial charge in [0.25, 0.3) is 11.8 Å². The number of ether oxygens (including phenoxy) is 1. The fraction of sp³-hybridized carbons (Fsp3) is 0.316. The molecule has 3 aromatic carbocycles. The van der Waals surface area contributed by atoms with Gasteiger partial charge in [-0.25, -0.2) is 0 Å². The molecule has 2 fully saturated rings. The number of nitrogens with zero attached hydrogens (tertiary/aromatic N) is 3. The molecule has 1 atom stereocenters. The number of thiophene rings is 1. The van der Waals surface area contributed by atoms with Gasteiger partial charge in [-0.05, 0) is 110 Å². The maximum absolute atomic E-state index is 13.3. The normalized spacial score (nSPS) is 18.8. The molecule has 3 aliphatic rings. The third-order valence-corrected chi connectivity index (χ3v) is 10.3. The molecular formula is C38H41N5O3S. The summed E-state index contributed by atoms with van der Waals surface area (Å²) in [6, 6.07) is 26.6. The fourth-order valence-corrected chi connectivity index (χ4v) is 7.50. The Labute approximate surface area is 280 Å². The van der Waals surface area contributed by atoms with Crippen LogP contribution in [-0.4, -0.2) is 68.2 Å². The highest BCUT2D eigenvalue weighted by atomic mass is 32.1. The SMILES string of the molecule is CC1CC=Cc2cc(NC(=O)c3ccc(N4CCC(N5CCOCC5)CC4)cc3)ccc2N1c1ccc(NC(=O)c2cccs2)cc1. The van der Waals surface area contributed by atoms with E-state index in [1.165, 1.54) is 17.0 Å². The van der Waals surface area contributed by atoms with Crippen LogP contribution in [0.1, 0.15) is 51.8 Å². The van der Waals surface area contributed by atoms with Crippen molar-refractivity contribution in [3.8, 4) is 0 Å². The van der Waals surface area contributed by atoms with E-state index in [9.17, 15) is 9.59 Å². The van der Waals surface area contributed by atoms with Gasteiger partial charge in [-0.3, -0.25) is 14.5 Å². The Balaban J connectivity index is 0.993. The van der Waals surface area contributed by atoms with Crippen molar-refractivity contribution in [1.29, 1.82) is 0 Å². The predicted octanol–water partition coefficient (Wildman–Crippen LogP) is 7.50. The number of morpholine rings is 1. The predicted molar refractivity (Wildman–Crippen MR) is 192 cm³/mol. The number of hydrogen-bond donors (Lipinski definition) is 2. The molecule has 242 valence electrons. The lowest BCUT2D eigenvalue weighted by atomic mass is 10.0. The molecule has 1 unspecified atom stereocenters. The summed E-state index contributed by atoms with van der Waals surface area (Å²) in [5.74, 6) is -0.221. The van der Waals surface area contributed by atoms with Crippen molar-refractivity contribution in [3.05, 3.63) is 106 Å². The molecule has 0 saturated carbocycles. The average molecular weight is 648 g/mol. The first-order chi connectivity index (χ1) is 23.0. The molecule has 8 nitrogen and oxygen atoms in total. The first-order valence-electron chi connectivity index (χ1n) is 16.5. The van der Waals surface area contributed by atoms with Crippen LogP contribution in [0.4, 0.5) is 28.4 Å². The van der Waals surface area contributed by atoms with Gasteiger partial charge >= 0.3 is 0 Å². The van der Waals surface area contributed by atoms with Gasteiger partial charge in [0, 0.05) is 72.3 Å². The number of nitrogens with one attached hydrogen (secondary N) is 2. The second-order valence-corrected chi connectivity index (χ2v) is 13.4. The first-order valence-corrected chi connectivity index (χ1v) is 17.4. The largest absolute Gasteiger partial charge is 0.379 e. The van der Waals surface area contributed by atoms with Crippen LogP contribution in [0.3, 0.4) is 0 Å². The molecule has 0 radical (unpaired) electrons. The van der Waals surface area contributed by atoms with E-state index in [-0.39, 0.29) is 17.9 Å². The van der Waals surface area contributed by atoms with Crippen molar-refractivity contribution < 1.29 is 14.3 Å². The summed E-state index contributed by atoms with van der Waals surface area (Å²) in [6.45, 7) is 8.04. The lowest BCUT2D eigenvalue weighted by molar-refractivity contribution is 0.0115. The average Bonchev–Trinajstić information content (AvgIpc) is 3.61. The van der Waals surface area contributed by atoms with E-state index >= 15 is 0 Å². The van der Waals surface area contributed by atoms with Crippen molar-refractivity contribution in [3.63, 3.8) is 0 Å². The van der Waals surface area contributed by atoms with Gasteiger partial charge in [-0.15, -0.1) is 11.3 Å². The lowest BCUT2D eigenvalue weighted by Crippen LogP contribution is -2.49. The molecule has 4 aromatic rings. The number of carbonyl (C=O) groups is 2. The molecule has 4 heterocycles. The fourth-order valence-electron chi connectivity index (χ4n) is 6.88. The summed E-state index contributed by atoms with van der Waals surface area (Å²) < 4.78 is 5.52. The summed E-state index contributed by atoms with van der Waals surface area (Å²) in [7, 11) is 0. The zero-order valence-electron chi connectivity index (χ0n) is 26.7. The van der Waals surface area contributed by atoms with Crippen molar-refractivity contribution in [1.82, 2.24) is 4.90 Å². The van der Waals surface area contributed by atoms with Crippen molar-refractivity contribution in [2.45, 2.75) is 38.3 Å². The van der Waals surface area contributed by atoms with E-state index in [1.807, 2.05) is 66.0 Å². The molecule has 7 rings (SSSR count). The molecule has 3 aliphatic heterocycles. The van der Waals surface area contributed by atoms with Crippen LogP contribution >= 0.6 is 11.3 Å². The zero-order valence-corrected chi connectivity index (χ0v) is 27.5. The van der Waals surface area contributed by atoms with Crippen molar-refractivity contribution in [2.75, 3.05) is 59.8 Å². The molecule has 0 aliphatic carbocycles. The minimum atomic E-state index is -0.120. The standard InChI is InChI=1S/C38H41N5O3S/c1-27-4-2-5-29-26-31(11-16-35(29)43(27)34-14-9-30(10-15-34)39-38(45)36-6-3-25-47-36)40-37(44)28-7-12-32(13-8-28)41-19-17-33(18-20-41)42-21-23-46-24-22-42/h2-3,5-16,25-27,33H,4,17-24H2,1H3,(H,39,45)(H,40,44). The van der Waals surface area contributed by atoms with E-state index in [4.69, 9.17) is 4.74 Å². The van der Waals surface area contributed by atoms with Gasteiger partial charge in [0.15, 0.2) is 0 Å². The highest BCUT2D eigenvalue weighted by Crippen LogP contribution is 2.37. The number of carbonyl (C=O) groups excluding carboxylic acids is 2. The van der Waals surface area contributed by atoms with Gasteiger partial charge < -0.3 is 25.2 Å². The van der Waals surface area contributed by atoms with Gasteiger partial charge in [-0.1, -0.05) is 18.2 Å². The number of hydrogen-bond acceptors (Lipinski definition) is 7. The summed E-state index contributed by atoms with van der Waals surface area (Å²) in [4.78, 5) is 33.8. The number of benzene rings is 3. The Bertz CT molecular complexity index is 1710. The number of rotatable bonds is 7. The third kappa shape index (κ3) is 7.12. The Hall–Kier alpha value is -4.44. The Morgan fingerprint density at radius 3 is 2.23 bits per heavy atom. The van der Waals surface area contributed by atoms with E-state index in [0.29, 0.717) is 16.5 Å². The summed E-state index contributed by atoms with van der Waals surface area (Å²) in [5, 5.41) is 7.99. The summed E-state index contributed by atoms with van der Waals surface area (Å²) >= 11 is 1.42. The van der Waals surface area contributed by atoms with Crippen LogP contribution in [0.25, 0.3) is 6.08 Å². The van der Waals surface area contributed by atoms with E-state index in [0.717, 1.165) is 87.0 Å². The molecule has 9 heteroatoms. The Morgan fingerprint density at radius 2 is 1.51 bits per heavy atom. The third-order valence-electron chi connectivity index (χ3n) is 9.43. The quantitative estimate of drug-likeness (QED) is 0.216. The maximum Gasteiger partial charge on any atom is 0.265 e. The zero-order chi connectivity index (χ0) is 32.2. The molecule has 47 heavy (non-hydrogen) atoms. The van der Waals surface area contributed by atoms with Gasteiger partial charge in [0.05, 0.1) is 18.1 Å². The molecule has 0 spiro atoms. The topological polar surface area (TPSA) is 77.2 Å². The van der Waals surface area contributed by atoms with Crippen molar-refractivity contribution in [2.24, 2.45) is 0 Å². The smallest absolute Gasteiger partial charge is 0.265 e. The summed E-state index contributed by atoms with van der Waals surface area (Å²) in [5.41, 5.74) is 6.48. The Kier molecular flexibility index (Phi) is 9.37. The van der Waals surface area contributed by atoms with Gasteiger partial charge in [-0.2, -0.15) is 0 Å². The Morgan fingerprint density at radius 1 is 0.809 bits per heavy atom. The van der Waals surface area contributed by atoms with Crippen LogP contribution in [0, 0.1) is 0 Å². The molecule has 2 saturated heterocycles. The van der Waals surface area contributed by atoms with E-state index < -0.39 is 0 Å². The number of fused-ring (bicyclic) bond motifs is 1. The van der Waals surface area contributed by atoms with Gasteiger partial charge in [0.1, 0.15) is 0 Å². The van der Waals surface area contributed by atoms with Crippen molar-refractivity contribution >= 4 is 57.7 Å². The van der Waals surface area contributed by atoms with Crippen LogP contribution in [0.2, 0.25) is 0 Å². The second kappa shape index (κ2) is 14.1.